The Morgan fingerprint density at radius 2 is 2.05 bits per heavy atom. The molecule has 2 rings (SSSR count). The number of benzene rings is 1. The molecule has 1 heterocycles. The van der Waals surface area contributed by atoms with E-state index in [2.05, 4.69) is 15.4 Å². The van der Waals surface area contributed by atoms with E-state index >= 15 is 0 Å². The van der Waals surface area contributed by atoms with Crippen LogP contribution in [0, 0.1) is 5.82 Å². The molecule has 0 aliphatic rings. The van der Waals surface area contributed by atoms with Gasteiger partial charge in [0.2, 0.25) is 0 Å². The Balaban J connectivity index is 2.13. The lowest BCUT2D eigenvalue weighted by Gasteiger charge is -2.23. The minimum atomic E-state index is -0.409. The lowest BCUT2D eigenvalue weighted by Crippen LogP contribution is -2.33. The molecule has 1 unspecified atom stereocenters. The lowest BCUT2D eigenvalue weighted by atomic mass is 10.2. The van der Waals surface area contributed by atoms with Crippen LogP contribution in [0.5, 0.6) is 0 Å². The summed E-state index contributed by atoms with van der Waals surface area (Å²) in [6.07, 6.45) is 2.39. The molecule has 1 atom stereocenters. The van der Waals surface area contributed by atoms with Crippen LogP contribution in [0.15, 0.2) is 30.9 Å². The molecule has 0 amide bonds. The van der Waals surface area contributed by atoms with E-state index in [0.717, 1.165) is 0 Å². The summed E-state index contributed by atoms with van der Waals surface area (Å²) in [5.41, 5.74) is 0.980. The van der Waals surface area contributed by atoms with Crippen molar-refractivity contribution >= 4 is 5.69 Å². The van der Waals surface area contributed by atoms with Crippen LogP contribution in [0.1, 0.15) is 6.92 Å². The third-order valence-corrected chi connectivity index (χ3v) is 2.88. The summed E-state index contributed by atoms with van der Waals surface area (Å²) in [6, 6.07) is 4.67. The van der Waals surface area contributed by atoms with Crippen molar-refractivity contribution in [1.82, 2.24) is 14.8 Å². The van der Waals surface area contributed by atoms with Gasteiger partial charge in [0.15, 0.2) is 12.1 Å². The molecule has 0 saturated carbocycles. The first-order valence-corrected chi connectivity index (χ1v) is 6.12. The third-order valence-electron chi connectivity index (χ3n) is 2.88. The molecule has 1 N–H and O–H groups in total. The van der Waals surface area contributed by atoms with E-state index in [-0.39, 0.29) is 11.9 Å². The Kier molecular flexibility index (Phi) is 4.65. The van der Waals surface area contributed by atoms with Crippen molar-refractivity contribution in [3.63, 3.8) is 0 Å². The van der Waals surface area contributed by atoms with E-state index in [0.29, 0.717) is 11.4 Å². The summed E-state index contributed by atoms with van der Waals surface area (Å²) in [7, 11) is 3.11. The quantitative estimate of drug-likeness (QED) is 0.818. The van der Waals surface area contributed by atoms with Crippen molar-refractivity contribution < 1.29 is 13.9 Å². The van der Waals surface area contributed by atoms with E-state index in [1.54, 1.807) is 26.4 Å². The molecule has 1 aromatic heterocycles. The van der Waals surface area contributed by atoms with E-state index in [1.165, 1.54) is 23.4 Å². The van der Waals surface area contributed by atoms with Gasteiger partial charge in [0.25, 0.3) is 0 Å². The molecule has 0 spiro atoms. The van der Waals surface area contributed by atoms with Crippen LogP contribution in [0.4, 0.5) is 10.1 Å². The molecular weight excluding hydrogens is 263 g/mol. The van der Waals surface area contributed by atoms with Crippen LogP contribution in [0.2, 0.25) is 0 Å². The third kappa shape index (κ3) is 3.12. The molecule has 0 saturated heterocycles. The van der Waals surface area contributed by atoms with Gasteiger partial charge < -0.3 is 14.8 Å². The minimum Gasteiger partial charge on any atom is -0.377 e. The Hall–Kier alpha value is -1.99. The van der Waals surface area contributed by atoms with E-state index in [4.69, 9.17) is 9.47 Å². The molecular formula is C13H17FN4O2. The number of anilines is 1. The normalized spacial score (nSPS) is 12.7. The summed E-state index contributed by atoms with van der Waals surface area (Å²) in [6.45, 7) is 1.89. The number of aromatic nitrogens is 3. The van der Waals surface area contributed by atoms with Crippen molar-refractivity contribution in [3.8, 4) is 5.69 Å². The smallest absolute Gasteiger partial charge is 0.176 e. The zero-order valence-corrected chi connectivity index (χ0v) is 11.6. The van der Waals surface area contributed by atoms with Gasteiger partial charge in [0.1, 0.15) is 18.3 Å². The van der Waals surface area contributed by atoms with Crippen LogP contribution in [0.25, 0.3) is 5.69 Å². The summed E-state index contributed by atoms with van der Waals surface area (Å²) >= 11 is 0. The highest BCUT2D eigenvalue weighted by Crippen LogP contribution is 2.18. The first-order valence-electron chi connectivity index (χ1n) is 6.12. The molecule has 0 aliphatic carbocycles. The minimum absolute atomic E-state index is 0.123. The number of ether oxygens (including phenoxy) is 2. The second-order valence-corrected chi connectivity index (χ2v) is 4.28. The molecule has 2 aromatic rings. The van der Waals surface area contributed by atoms with Gasteiger partial charge in [-0.2, -0.15) is 5.10 Å². The maximum absolute atomic E-state index is 14.0. The average Bonchev–Trinajstić information content (AvgIpc) is 2.94. The van der Waals surface area contributed by atoms with Gasteiger partial charge >= 0.3 is 0 Å². The number of hydrogen-bond acceptors (Lipinski definition) is 5. The Labute approximate surface area is 116 Å². The average molecular weight is 280 g/mol. The van der Waals surface area contributed by atoms with Gasteiger partial charge in [-0.3, -0.25) is 0 Å². The molecule has 0 radical (unpaired) electrons. The van der Waals surface area contributed by atoms with Crippen LogP contribution < -0.4 is 5.32 Å². The first kappa shape index (κ1) is 14.4. The van der Waals surface area contributed by atoms with Crippen molar-refractivity contribution in [2.75, 3.05) is 19.5 Å². The number of halogens is 1. The van der Waals surface area contributed by atoms with Gasteiger partial charge in [-0.05, 0) is 25.1 Å². The molecule has 0 fully saturated rings. The number of hydrogen-bond donors (Lipinski definition) is 1. The number of methoxy groups -OCH3 is 2. The van der Waals surface area contributed by atoms with Crippen LogP contribution >= 0.6 is 0 Å². The summed E-state index contributed by atoms with van der Waals surface area (Å²) in [5.74, 6) is -0.390. The maximum atomic E-state index is 14.0. The van der Waals surface area contributed by atoms with E-state index < -0.39 is 6.29 Å². The Bertz CT molecular complexity index is 543. The lowest BCUT2D eigenvalue weighted by molar-refractivity contribution is -0.109. The fourth-order valence-electron chi connectivity index (χ4n) is 1.95. The number of rotatable bonds is 6. The standard InChI is InChI=1S/C13H17FN4O2/c1-9(13(19-2)20-3)17-10-4-5-12(11(14)6-10)18-8-15-7-16-18/h4-9,13,17H,1-3H3. The highest BCUT2D eigenvalue weighted by molar-refractivity contribution is 5.50. The maximum Gasteiger partial charge on any atom is 0.176 e. The molecule has 6 nitrogen and oxygen atoms in total. The molecule has 0 bridgehead atoms. The van der Waals surface area contributed by atoms with Crippen molar-refractivity contribution in [2.45, 2.75) is 19.3 Å². The Morgan fingerprint density at radius 3 is 2.60 bits per heavy atom. The predicted octanol–water partition coefficient (Wildman–Crippen LogP) is 1.83. The monoisotopic (exact) mass is 280 g/mol. The summed E-state index contributed by atoms with van der Waals surface area (Å²) in [5, 5.41) is 7.02. The van der Waals surface area contributed by atoms with Crippen LogP contribution in [-0.2, 0) is 9.47 Å². The zero-order chi connectivity index (χ0) is 14.5. The molecule has 108 valence electrons. The molecule has 20 heavy (non-hydrogen) atoms. The highest BCUT2D eigenvalue weighted by atomic mass is 19.1. The molecule has 7 heteroatoms. The second-order valence-electron chi connectivity index (χ2n) is 4.28. The summed E-state index contributed by atoms with van der Waals surface area (Å²) < 4.78 is 25.7. The van der Waals surface area contributed by atoms with Crippen molar-refractivity contribution in [3.05, 3.63) is 36.7 Å². The summed E-state index contributed by atoms with van der Waals surface area (Å²) in [4.78, 5) is 3.79. The largest absolute Gasteiger partial charge is 0.377 e. The topological polar surface area (TPSA) is 61.2 Å². The van der Waals surface area contributed by atoms with Crippen molar-refractivity contribution in [2.24, 2.45) is 0 Å². The predicted molar refractivity (Wildman–Crippen MR) is 72.2 cm³/mol. The van der Waals surface area contributed by atoms with Crippen LogP contribution in [-0.4, -0.2) is 41.3 Å². The highest BCUT2D eigenvalue weighted by Gasteiger charge is 2.16. The van der Waals surface area contributed by atoms with Crippen LogP contribution in [0.3, 0.4) is 0 Å². The second kappa shape index (κ2) is 6.44. The zero-order valence-electron chi connectivity index (χ0n) is 11.6. The fraction of sp³-hybridized carbons (Fsp3) is 0.385. The number of nitrogens with one attached hydrogen (secondary N) is 1. The van der Waals surface area contributed by atoms with Gasteiger partial charge in [0, 0.05) is 19.9 Å². The van der Waals surface area contributed by atoms with Gasteiger partial charge in [-0.25, -0.2) is 14.1 Å². The molecule has 0 aliphatic heterocycles. The SMILES string of the molecule is COC(OC)C(C)Nc1ccc(-n2cncn2)c(F)c1. The fourth-order valence-corrected chi connectivity index (χ4v) is 1.95. The number of nitrogens with zero attached hydrogens (tertiary/aromatic N) is 3. The van der Waals surface area contributed by atoms with Crippen molar-refractivity contribution in [1.29, 1.82) is 0 Å². The van der Waals surface area contributed by atoms with E-state index in [9.17, 15) is 4.39 Å². The van der Waals surface area contributed by atoms with E-state index in [1.807, 2.05) is 6.92 Å². The van der Waals surface area contributed by atoms with Gasteiger partial charge in [-0.15, -0.1) is 0 Å². The molecule has 1 aromatic carbocycles. The van der Waals surface area contributed by atoms with Gasteiger partial charge in [-0.1, -0.05) is 0 Å². The first-order chi connectivity index (χ1) is 9.65. The Morgan fingerprint density at radius 1 is 1.30 bits per heavy atom. The van der Waals surface area contributed by atoms with Gasteiger partial charge in [0.05, 0.1) is 6.04 Å².